The minimum Gasteiger partial charge on any atom is -0.480 e. The first kappa shape index (κ1) is 45.5. The number of nitrogens with zero attached hydrogens (tertiary/aromatic N) is 3. The summed E-state index contributed by atoms with van der Waals surface area (Å²) in [6, 6.07) is 4.71. The molecule has 3 amide bonds. The Labute approximate surface area is 363 Å². The summed E-state index contributed by atoms with van der Waals surface area (Å²) in [5.41, 5.74) is 15.8. The van der Waals surface area contributed by atoms with E-state index in [1.54, 1.807) is 6.92 Å². The first-order chi connectivity index (χ1) is 29.5. The average Bonchev–Trinajstić information content (AvgIpc) is 3.99. The number of allylic oxidation sites excluding steroid dienone is 1. The van der Waals surface area contributed by atoms with Gasteiger partial charge in [-0.15, -0.1) is 11.8 Å². The van der Waals surface area contributed by atoms with Gasteiger partial charge in [-0.25, -0.2) is 4.98 Å². The van der Waals surface area contributed by atoms with Crippen molar-refractivity contribution in [3.8, 4) is 0 Å². The maximum Gasteiger partial charge on any atom is 0.321 e. The zero-order chi connectivity index (χ0) is 45.2. The Morgan fingerprint density at radius 3 is 2.37 bits per heavy atom. The van der Waals surface area contributed by atoms with Crippen molar-refractivity contribution in [1.29, 1.82) is 0 Å². The molecule has 0 spiro atoms. The third kappa shape index (κ3) is 8.95. The number of aromatic amines is 2. The van der Waals surface area contributed by atoms with Crippen LogP contribution in [0.15, 0.2) is 24.8 Å². The standard InChI is InChI=1S/C45H53N7O9S/c1-9-25-21(3)30-16-32-23(5)27(11-12-38(54)60-7)41(50-32)28(15-39(55)61-8)42-40(24(6)33(51-42)18-35-26(10-2)22(4)31(49-35)17-34(25)48-30)43(56)47-13-14-52-37(53)19-36(44(52)57)62-20-29(46)45(58)59/h9,16-18,23,27,29,36,48-49H,1,10-15,19-20,46H2,2-8H3,(H,47,56)(H,58,59)/t23-,27-,29-,36?/m0/s1. The lowest BCUT2D eigenvalue weighted by atomic mass is 9.84. The number of nitrogens with two attached hydrogens (primary N) is 1. The summed E-state index contributed by atoms with van der Waals surface area (Å²) in [4.78, 5) is 96.3. The zero-order valence-electron chi connectivity index (χ0n) is 36.0. The van der Waals surface area contributed by atoms with Crippen LogP contribution in [0.4, 0.5) is 0 Å². The van der Waals surface area contributed by atoms with Crippen molar-refractivity contribution in [3.05, 3.63) is 75.4 Å². The van der Waals surface area contributed by atoms with Crippen LogP contribution < -0.4 is 11.1 Å². The van der Waals surface area contributed by atoms with E-state index in [4.69, 9.17) is 30.3 Å². The van der Waals surface area contributed by atoms with Crippen LogP contribution in [0.25, 0.3) is 39.3 Å². The Morgan fingerprint density at radius 1 is 1.02 bits per heavy atom. The third-order valence-electron chi connectivity index (χ3n) is 12.0. The summed E-state index contributed by atoms with van der Waals surface area (Å²) in [7, 11) is 2.60. The van der Waals surface area contributed by atoms with Crippen LogP contribution in [0.3, 0.4) is 0 Å². The fourth-order valence-corrected chi connectivity index (χ4v) is 9.50. The smallest absolute Gasteiger partial charge is 0.321 e. The highest BCUT2D eigenvalue weighted by Gasteiger charge is 2.40. The molecule has 0 radical (unpaired) electrons. The number of carboxylic acid groups (broad SMARTS) is 1. The highest BCUT2D eigenvalue weighted by atomic mass is 32.2. The number of likely N-dealkylation sites (tertiary alicyclic amines) is 1. The van der Waals surface area contributed by atoms with Crippen molar-refractivity contribution in [2.24, 2.45) is 5.73 Å². The molecule has 17 heteroatoms. The summed E-state index contributed by atoms with van der Waals surface area (Å²) in [5.74, 6) is -4.41. The molecule has 3 aromatic rings. The van der Waals surface area contributed by atoms with Crippen molar-refractivity contribution in [2.45, 2.75) is 89.9 Å². The third-order valence-corrected chi connectivity index (χ3v) is 13.3. The lowest BCUT2D eigenvalue weighted by molar-refractivity contribution is -0.141. The van der Waals surface area contributed by atoms with E-state index in [0.29, 0.717) is 41.1 Å². The van der Waals surface area contributed by atoms with E-state index < -0.39 is 52.8 Å². The van der Waals surface area contributed by atoms with Crippen LogP contribution >= 0.6 is 11.8 Å². The molecule has 4 atom stereocenters. The Morgan fingerprint density at radius 2 is 1.71 bits per heavy atom. The molecule has 3 aliphatic rings. The first-order valence-corrected chi connectivity index (χ1v) is 21.5. The van der Waals surface area contributed by atoms with E-state index in [1.165, 1.54) is 14.2 Å². The number of aryl methyl sites for hydroxylation is 3. The summed E-state index contributed by atoms with van der Waals surface area (Å²) in [6.45, 7) is 13.7. The van der Waals surface area contributed by atoms with Gasteiger partial charge in [0.05, 0.1) is 48.5 Å². The molecule has 3 aliphatic heterocycles. The number of carbonyl (C=O) groups is 6. The van der Waals surface area contributed by atoms with Gasteiger partial charge in [0, 0.05) is 82.4 Å². The number of carboxylic acids is 1. The molecule has 6 heterocycles. The van der Waals surface area contributed by atoms with Gasteiger partial charge >= 0.3 is 17.9 Å². The number of aliphatic carboxylic acids is 1. The minimum absolute atomic E-state index is 0.0472. The predicted octanol–water partition coefficient (Wildman–Crippen LogP) is 5.01. The number of fused-ring (bicyclic) bond motifs is 8. The average molecular weight is 868 g/mol. The highest BCUT2D eigenvalue weighted by Crippen LogP contribution is 2.44. The second kappa shape index (κ2) is 18.9. The van der Waals surface area contributed by atoms with Gasteiger partial charge in [-0.2, -0.15) is 0 Å². The van der Waals surface area contributed by atoms with Gasteiger partial charge in [0.15, 0.2) is 0 Å². The molecule has 1 saturated heterocycles. The number of aromatic nitrogens is 4. The number of nitrogens with one attached hydrogen (secondary N) is 3. The van der Waals surface area contributed by atoms with Crippen LogP contribution in [0.5, 0.6) is 0 Å². The molecular weight excluding hydrogens is 815 g/mol. The maximum atomic E-state index is 14.5. The normalized spacial score (nSPS) is 17.9. The van der Waals surface area contributed by atoms with Crippen LogP contribution in [0, 0.1) is 13.8 Å². The largest absolute Gasteiger partial charge is 0.480 e. The van der Waals surface area contributed by atoms with E-state index in [1.807, 2.05) is 39.0 Å². The molecule has 6 N–H and O–H groups in total. The molecule has 0 aliphatic carbocycles. The Bertz CT molecular complexity index is 2570. The number of ether oxygens (including phenoxy) is 2. The second-order valence-electron chi connectivity index (χ2n) is 15.7. The van der Waals surface area contributed by atoms with Gasteiger partial charge in [-0.05, 0) is 74.1 Å². The Kier molecular flexibility index (Phi) is 13.9. The van der Waals surface area contributed by atoms with Crippen LogP contribution in [-0.4, -0.2) is 110 Å². The van der Waals surface area contributed by atoms with Crippen molar-refractivity contribution < 1.29 is 43.3 Å². The molecular formula is C45H53N7O9S. The van der Waals surface area contributed by atoms with E-state index in [-0.39, 0.29) is 55.3 Å². The number of thioether (sulfide) groups is 1. The summed E-state index contributed by atoms with van der Waals surface area (Å²) in [6.07, 6.45) is 2.48. The molecule has 3 aromatic heterocycles. The predicted molar refractivity (Wildman–Crippen MR) is 237 cm³/mol. The van der Waals surface area contributed by atoms with Gasteiger partial charge in [-0.3, -0.25) is 38.7 Å². The van der Waals surface area contributed by atoms with Crippen molar-refractivity contribution >= 4 is 86.7 Å². The summed E-state index contributed by atoms with van der Waals surface area (Å²) >= 11 is 1.01. The molecule has 1 unspecified atom stereocenters. The number of methoxy groups -OCH3 is 2. The van der Waals surface area contributed by atoms with E-state index >= 15 is 0 Å². The Hall–Kier alpha value is -6.07. The molecule has 0 aromatic carbocycles. The number of esters is 2. The van der Waals surface area contributed by atoms with Crippen molar-refractivity contribution in [3.63, 3.8) is 0 Å². The summed E-state index contributed by atoms with van der Waals surface area (Å²) < 4.78 is 10.2. The van der Waals surface area contributed by atoms with Crippen molar-refractivity contribution in [1.82, 2.24) is 30.2 Å². The van der Waals surface area contributed by atoms with Crippen molar-refractivity contribution in [2.75, 3.05) is 33.1 Å². The Balaban J connectivity index is 1.54. The van der Waals surface area contributed by atoms with Gasteiger partial charge in [0.1, 0.15) is 6.04 Å². The SMILES string of the molecule is C=Cc1c(C)c2cc3nc(c(CC(=O)OC)c4nc(cc5[nH]c(cc1[nH]2)c(C)c5CC)C(C)=C4C(=O)NCCN1C(=O)CC(SC[C@H](N)C(=O)O)C1=O)[C@@H](CCC(=O)OC)[C@@H]3C. The van der Waals surface area contributed by atoms with Gasteiger partial charge in [-0.1, -0.05) is 26.5 Å². The van der Waals surface area contributed by atoms with E-state index in [2.05, 4.69) is 34.9 Å². The van der Waals surface area contributed by atoms with E-state index in [0.717, 1.165) is 61.0 Å². The van der Waals surface area contributed by atoms with Gasteiger partial charge in [0.25, 0.3) is 5.91 Å². The molecule has 6 rings (SSSR count). The van der Waals surface area contributed by atoms with E-state index in [9.17, 15) is 28.8 Å². The molecule has 328 valence electrons. The van der Waals surface area contributed by atoms with Gasteiger partial charge < -0.3 is 35.6 Å². The monoisotopic (exact) mass is 867 g/mol. The first-order valence-electron chi connectivity index (χ1n) is 20.5. The van der Waals surface area contributed by atoms with Crippen LogP contribution in [0.1, 0.15) is 102 Å². The topological polar surface area (TPSA) is 240 Å². The number of hydrogen-bond donors (Lipinski definition) is 5. The molecule has 62 heavy (non-hydrogen) atoms. The number of imide groups is 1. The minimum atomic E-state index is -1.21. The fourth-order valence-electron chi connectivity index (χ4n) is 8.38. The fraction of sp³-hybridized carbons (Fsp3) is 0.422. The highest BCUT2D eigenvalue weighted by molar-refractivity contribution is 8.00. The number of H-pyrrole nitrogens is 2. The molecule has 8 bridgehead atoms. The molecule has 16 nitrogen and oxygen atoms in total. The van der Waals surface area contributed by atoms with Crippen LogP contribution in [-0.2, 0) is 51.1 Å². The summed E-state index contributed by atoms with van der Waals surface area (Å²) in [5, 5.41) is 11.2. The zero-order valence-corrected chi connectivity index (χ0v) is 36.8. The molecule has 0 saturated carbocycles. The van der Waals surface area contributed by atoms with Crippen LogP contribution in [0.2, 0.25) is 0 Å². The quantitative estimate of drug-likeness (QED) is 0.0999. The molecule has 1 fully saturated rings. The number of hydrogen-bond acceptors (Lipinski definition) is 12. The second-order valence-corrected chi connectivity index (χ2v) is 16.9. The number of amides is 3. The van der Waals surface area contributed by atoms with Gasteiger partial charge in [0.2, 0.25) is 11.8 Å². The maximum absolute atomic E-state index is 14.5. The number of carbonyl (C=O) groups excluding carboxylic acids is 5. The lowest BCUT2D eigenvalue weighted by Crippen LogP contribution is -2.39. The number of rotatable bonds is 15. The lowest BCUT2D eigenvalue weighted by Gasteiger charge is -2.19.